The summed E-state index contributed by atoms with van der Waals surface area (Å²) >= 11 is 0. The molecule has 0 unspecified atom stereocenters. The fourth-order valence-electron chi connectivity index (χ4n) is 0.828. The van der Waals surface area contributed by atoms with E-state index >= 15 is 0 Å². The highest BCUT2D eigenvalue weighted by atomic mass is 16.6. The van der Waals surface area contributed by atoms with Crippen LogP contribution in [0, 0.1) is 0 Å². The summed E-state index contributed by atoms with van der Waals surface area (Å²) in [6.45, 7) is 6.10. The van der Waals surface area contributed by atoms with Crippen molar-refractivity contribution in [3.05, 3.63) is 11.8 Å². The first-order chi connectivity index (χ1) is 7.67. The van der Waals surface area contributed by atoms with Gasteiger partial charge >= 0.3 is 11.9 Å². The number of carbonyl (C=O) groups excluding carboxylic acids is 2. The van der Waals surface area contributed by atoms with Gasteiger partial charge in [0, 0.05) is 0 Å². The number of ether oxygens (including phenoxy) is 3. The number of hydrogen-bond donors (Lipinski definition) is 0. The fourth-order valence-corrected chi connectivity index (χ4v) is 0.828. The molecular weight excluding hydrogens is 212 g/mol. The first kappa shape index (κ1) is 14.5. The normalized spacial score (nSPS) is 10.8. The maximum Gasteiger partial charge on any atom is 0.348 e. The maximum atomic E-state index is 11.5. The molecule has 5 nitrogen and oxygen atoms in total. The second-order valence-electron chi connectivity index (χ2n) is 2.84. The van der Waals surface area contributed by atoms with Crippen molar-refractivity contribution >= 4 is 11.9 Å². The predicted octanol–water partition coefficient (Wildman–Crippen LogP) is 1.42. The summed E-state index contributed by atoms with van der Waals surface area (Å²) < 4.78 is 14.4. The van der Waals surface area contributed by atoms with E-state index in [2.05, 4.69) is 0 Å². The Hall–Kier alpha value is -1.52. The molecule has 0 aliphatic rings. The summed E-state index contributed by atoms with van der Waals surface area (Å²) in [4.78, 5) is 22.8. The molecular formula is C11H18O5. The minimum absolute atomic E-state index is 0.198. The quantitative estimate of drug-likeness (QED) is 0.218. The van der Waals surface area contributed by atoms with E-state index in [0.717, 1.165) is 6.26 Å². The molecule has 0 aromatic carbocycles. The smallest absolute Gasteiger partial charge is 0.348 e. The van der Waals surface area contributed by atoms with Gasteiger partial charge in [-0.3, -0.25) is 0 Å². The van der Waals surface area contributed by atoms with Crippen molar-refractivity contribution in [2.45, 2.75) is 27.2 Å². The third kappa shape index (κ3) is 5.38. The Labute approximate surface area is 95.4 Å². The predicted molar refractivity (Wildman–Crippen MR) is 57.6 cm³/mol. The number of esters is 2. The van der Waals surface area contributed by atoms with Crippen LogP contribution in [0.1, 0.15) is 27.2 Å². The summed E-state index contributed by atoms with van der Waals surface area (Å²) in [5, 5.41) is 0. The molecule has 5 heteroatoms. The van der Waals surface area contributed by atoms with Gasteiger partial charge in [0.15, 0.2) is 5.57 Å². The molecule has 0 heterocycles. The molecule has 0 rings (SSSR count). The highest BCUT2D eigenvalue weighted by Crippen LogP contribution is 2.03. The number of carbonyl (C=O) groups is 2. The van der Waals surface area contributed by atoms with Crippen LogP contribution in [0.2, 0.25) is 0 Å². The lowest BCUT2D eigenvalue weighted by molar-refractivity contribution is -0.147. The van der Waals surface area contributed by atoms with Crippen molar-refractivity contribution in [1.29, 1.82) is 0 Å². The van der Waals surface area contributed by atoms with Crippen LogP contribution in [-0.4, -0.2) is 31.8 Å². The van der Waals surface area contributed by atoms with E-state index in [1.165, 1.54) is 0 Å². The minimum Gasteiger partial charge on any atom is -0.500 e. The van der Waals surface area contributed by atoms with Gasteiger partial charge in [-0.2, -0.15) is 0 Å². The number of hydrogen-bond acceptors (Lipinski definition) is 5. The summed E-state index contributed by atoms with van der Waals surface area (Å²) in [7, 11) is 0. The molecule has 0 aliphatic carbocycles. The zero-order valence-electron chi connectivity index (χ0n) is 9.95. The van der Waals surface area contributed by atoms with Crippen LogP contribution in [-0.2, 0) is 23.8 Å². The zero-order chi connectivity index (χ0) is 12.4. The fraction of sp³-hybridized carbons (Fsp3) is 0.636. The van der Waals surface area contributed by atoms with Crippen molar-refractivity contribution in [1.82, 2.24) is 0 Å². The van der Waals surface area contributed by atoms with Crippen LogP contribution in [0.3, 0.4) is 0 Å². The van der Waals surface area contributed by atoms with Gasteiger partial charge in [0.2, 0.25) is 0 Å². The van der Waals surface area contributed by atoms with Gasteiger partial charge in [-0.25, -0.2) is 9.59 Å². The van der Waals surface area contributed by atoms with Crippen molar-refractivity contribution in [3.8, 4) is 0 Å². The molecule has 0 aromatic heterocycles. The average Bonchev–Trinajstić information content (AvgIpc) is 2.27. The van der Waals surface area contributed by atoms with E-state index in [0.29, 0.717) is 13.0 Å². The Morgan fingerprint density at radius 1 is 1.00 bits per heavy atom. The molecule has 92 valence electrons. The van der Waals surface area contributed by atoms with Gasteiger partial charge in [0.1, 0.15) is 6.26 Å². The van der Waals surface area contributed by atoms with E-state index in [4.69, 9.17) is 14.2 Å². The van der Waals surface area contributed by atoms with Crippen molar-refractivity contribution in [2.24, 2.45) is 0 Å². The summed E-state index contributed by atoms with van der Waals surface area (Å²) in [6.07, 6.45) is 1.77. The van der Waals surface area contributed by atoms with E-state index in [1.807, 2.05) is 6.92 Å². The molecule has 0 saturated heterocycles. The van der Waals surface area contributed by atoms with Gasteiger partial charge in [-0.05, 0) is 20.3 Å². The second-order valence-corrected chi connectivity index (χ2v) is 2.84. The van der Waals surface area contributed by atoms with Crippen LogP contribution in [0.25, 0.3) is 0 Å². The van der Waals surface area contributed by atoms with E-state index in [-0.39, 0.29) is 18.8 Å². The Morgan fingerprint density at radius 2 is 1.62 bits per heavy atom. The Kier molecular flexibility index (Phi) is 7.93. The summed E-state index contributed by atoms with van der Waals surface area (Å²) in [5.41, 5.74) is -0.211. The van der Waals surface area contributed by atoms with Gasteiger partial charge in [0.05, 0.1) is 19.8 Å². The molecule has 0 radical (unpaired) electrons. The lowest BCUT2D eigenvalue weighted by atomic mass is 10.3. The maximum absolute atomic E-state index is 11.5. The molecule has 0 saturated carbocycles. The minimum atomic E-state index is -0.725. The second kappa shape index (κ2) is 8.76. The Morgan fingerprint density at radius 3 is 2.12 bits per heavy atom. The van der Waals surface area contributed by atoms with Crippen LogP contribution in [0.4, 0.5) is 0 Å². The SMILES string of the molecule is CCCOC(=O)/C(=C\OCC)C(=O)OCC. The standard InChI is InChI=1S/C11H18O5/c1-4-7-16-11(13)9(8-14-5-2)10(12)15-6-3/h8H,4-7H2,1-3H3/b9-8-. The molecule has 0 aliphatic heterocycles. The van der Waals surface area contributed by atoms with Crippen LogP contribution >= 0.6 is 0 Å². The van der Waals surface area contributed by atoms with Crippen LogP contribution in [0.15, 0.2) is 11.8 Å². The first-order valence-electron chi connectivity index (χ1n) is 5.33. The van der Waals surface area contributed by atoms with E-state index in [9.17, 15) is 9.59 Å². The van der Waals surface area contributed by atoms with E-state index < -0.39 is 11.9 Å². The molecule has 0 spiro atoms. The van der Waals surface area contributed by atoms with Gasteiger partial charge < -0.3 is 14.2 Å². The average molecular weight is 230 g/mol. The first-order valence-corrected chi connectivity index (χ1v) is 5.33. The largest absolute Gasteiger partial charge is 0.500 e. The third-order valence-corrected chi connectivity index (χ3v) is 1.52. The van der Waals surface area contributed by atoms with Crippen molar-refractivity contribution in [2.75, 3.05) is 19.8 Å². The molecule has 0 N–H and O–H groups in total. The van der Waals surface area contributed by atoms with Gasteiger partial charge in [-0.1, -0.05) is 6.92 Å². The summed E-state index contributed by atoms with van der Waals surface area (Å²) in [6, 6.07) is 0. The topological polar surface area (TPSA) is 61.8 Å². The summed E-state index contributed by atoms with van der Waals surface area (Å²) in [5.74, 6) is -1.44. The lowest BCUT2D eigenvalue weighted by Crippen LogP contribution is -2.19. The van der Waals surface area contributed by atoms with Gasteiger partial charge in [0.25, 0.3) is 0 Å². The molecule has 0 aromatic rings. The lowest BCUT2D eigenvalue weighted by Gasteiger charge is -2.06. The van der Waals surface area contributed by atoms with Gasteiger partial charge in [-0.15, -0.1) is 0 Å². The van der Waals surface area contributed by atoms with Crippen LogP contribution in [0.5, 0.6) is 0 Å². The van der Waals surface area contributed by atoms with Crippen molar-refractivity contribution in [3.63, 3.8) is 0 Å². The number of rotatable bonds is 7. The Bertz CT molecular complexity index is 257. The molecule has 0 bridgehead atoms. The molecule has 16 heavy (non-hydrogen) atoms. The highest BCUT2D eigenvalue weighted by Gasteiger charge is 2.21. The molecule has 0 amide bonds. The van der Waals surface area contributed by atoms with Crippen LogP contribution < -0.4 is 0 Å². The third-order valence-electron chi connectivity index (χ3n) is 1.52. The highest BCUT2D eigenvalue weighted by molar-refractivity contribution is 6.13. The van der Waals surface area contributed by atoms with Crippen molar-refractivity contribution < 1.29 is 23.8 Å². The zero-order valence-corrected chi connectivity index (χ0v) is 9.95. The van der Waals surface area contributed by atoms with E-state index in [1.54, 1.807) is 13.8 Å². The monoisotopic (exact) mass is 230 g/mol. The molecule has 0 fully saturated rings. The molecule has 0 atom stereocenters. The Balaban J connectivity index is 4.53.